The number of fused-ring (bicyclic) bond motifs is 9. The lowest BCUT2D eigenvalue weighted by Gasteiger charge is -2.32. The van der Waals surface area contributed by atoms with Gasteiger partial charge in [-0.2, -0.15) is 0 Å². The molecule has 0 fully saturated rings. The van der Waals surface area contributed by atoms with E-state index in [4.69, 9.17) is 9.40 Å². The molecule has 9 aromatic rings. The van der Waals surface area contributed by atoms with Gasteiger partial charge in [0, 0.05) is 48.0 Å². The summed E-state index contributed by atoms with van der Waals surface area (Å²) in [4.78, 5) is 10.0. The van der Waals surface area contributed by atoms with E-state index >= 15 is 0 Å². The molecule has 0 saturated carbocycles. The van der Waals surface area contributed by atoms with Gasteiger partial charge in [-0.25, -0.2) is 4.98 Å². The number of benzene rings is 7. The van der Waals surface area contributed by atoms with E-state index in [0.717, 1.165) is 66.3 Å². The molecule has 2 aromatic heterocycles. The van der Waals surface area contributed by atoms with Gasteiger partial charge in [0.15, 0.2) is 0 Å². The van der Waals surface area contributed by atoms with Crippen molar-refractivity contribution in [3.63, 3.8) is 0 Å². The SMILES string of the molecule is c1ccc(-c2nc3ccccc3c3c2ccc2oc4ccc(-c5ccc(N6c7ccccc7Sc7ccccc76)cc5)cc4c23)cc1. The fourth-order valence-electron chi connectivity index (χ4n) is 7.09. The number of pyridine rings is 1. The molecule has 0 saturated heterocycles. The van der Waals surface area contributed by atoms with Crippen LogP contribution in [-0.2, 0) is 0 Å². The van der Waals surface area contributed by atoms with E-state index in [1.165, 1.54) is 26.6 Å². The van der Waals surface area contributed by atoms with Crippen LogP contribution in [0.4, 0.5) is 17.1 Å². The standard InChI is InChI=1S/C43H26N2OS/c1-2-10-28(11-3-1)43-32-23-25-38-42(41(32)31-12-4-5-13-34(31)44-43)33-26-29(20-24-37(33)46-38)27-18-21-30(22-19-27)45-35-14-6-8-16-39(35)47-40-17-9-7-15-36(40)45/h1-26H. The number of rotatable bonds is 3. The van der Waals surface area contributed by atoms with Crippen molar-refractivity contribution in [2.75, 3.05) is 4.90 Å². The first kappa shape index (κ1) is 26.4. The van der Waals surface area contributed by atoms with Crippen LogP contribution in [0.2, 0.25) is 0 Å². The second-order valence-corrected chi connectivity index (χ2v) is 13.0. The van der Waals surface area contributed by atoms with Gasteiger partial charge in [-0.3, -0.25) is 0 Å². The quantitative estimate of drug-likeness (QED) is 0.184. The fourth-order valence-corrected chi connectivity index (χ4v) is 8.15. The van der Waals surface area contributed by atoms with Gasteiger partial charge in [-0.1, -0.05) is 103 Å². The molecule has 0 radical (unpaired) electrons. The molecule has 10 rings (SSSR count). The normalized spacial score (nSPS) is 12.6. The molecule has 3 nitrogen and oxygen atoms in total. The van der Waals surface area contributed by atoms with E-state index in [-0.39, 0.29) is 0 Å². The Labute approximate surface area is 275 Å². The first-order chi connectivity index (χ1) is 23.3. The minimum Gasteiger partial charge on any atom is -0.456 e. The Morgan fingerprint density at radius 3 is 1.91 bits per heavy atom. The summed E-state index contributed by atoms with van der Waals surface area (Å²) in [6.45, 7) is 0. The zero-order chi connectivity index (χ0) is 30.9. The Morgan fingerprint density at radius 2 is 1.13 bits per heavy atom. The average Bonchev–Trinajstić information content (AvgIpc) is 3.52. The number of para-hydroxylation sites is 3. The third kappa shape index (κ3) is 4.12. The molecule has 47 heavy (non-hydrogen) atoms. The largest absolute Gasteiger partial charge is 0.456 e. The maximum atomic E-state index is 6.48. The van der Waals surface area contributed by atoms with Crippen LogP contribution >= 0.6 is 11.8 Å². The highest BCUT2D eigenvalue weighted by Gasteiger charge is 2.24. The lowest BCUT2D eigenvalue weighted by atomic mass is 9.95. The van der Waals surface area contributed by atoms with Crippen LogP contribution in [0.25, 0.3) is 66.0 Å². The molecular weight excluding hydrogens is 593 g/mol. The van der Waals surface area contributed by atoms with Crippen molar-refractivity contribution in [1.82, 2.24) is 4.98 Å². The van der Waals surface area contributed by atoms with E-state index < -0.39 is 0 Å². The van der Waals surface area contributed by atoms with Gasteiger partial charge < -0.3 is 9.32 Å². The Hall–Kier alpha value is -5.84. The molecule has 7 aromatic carbocycles. The van der Waals surface area contributed by atoms with Crippen LogP contribution in [0, 0.1) is 0 Å². The zero-order valence-electron chi connectivity index (χ0n) is 25.2. The molecule has 0 unspecified atom stereocenters. The van der Waals surface area contributed by atoms with Crippen molar-refractivity contribution >= 4 is 72.4 Å². The zero-order valence-corrected chi connectivity index (χ0v) is 26.0. The van der Waals surface area contributed by atoms with Crippen molar-refractivity contribution in [3.05, 3.63) is 158 Å². The van der Waals surface area contributed by atoms with Crippen LogP contribution in [0.1, 0.15) is 0 Å². The summed E-state index contributed by atoms with van der Waals surface area (Å²) >= 11 is 1.83. The van der Waals surface area contributed by atoms with Crippen LogP contribution in [-0.4, -0.2) is 4.98 Å². The highest BCUT2D eigenvalue weighted by atomic mass is 32.2. The van der Waals surface area contributed by atoms with Gasteiger partial charge >= 0.3 is 0 Å². The smallest absolute Gasteiger partial charge is 0.136 e. The molecule has 0 atom stereocenters. The highest BCUT2D eigenvalue weighted by molar-refractivity contribution is 7.99. The molecular formula is C43H26N2OS. The molecule has 220 valence electrons. The molecule has 0 spiro atoms. The number of hydrogen-bond acceptors (Lipinski definition) is 4. The molecule has 0 N–H and O–H groups in total. The number of nitrogens with zero attached hydrogens (tertiary/aromatic N) is 2. The van der Waals surface area contributed by atoms with Crippen molar-refractivity contribution in [2.45, 2.75) is 9.79 Å². The summed E-state index contributed by atoms with van der Waals surface area (Å²) in [5.74, 6) is 0. The summed E-state index contributed by atoms with van der Waals surface area (Å²) in [6, 6.07) is 55.9. The molecule has 1 aliphatic rings. The molecule has 3 heterocycles. The monoisotopic (exact) mass is 618 g/mol. The average molecular weight is 619 g/mol. The Bertz CT molecular complexity index is 2610. The number of hydrogen-bond donors (Lipinski definition) is 0. The van der Waals surface area contributed by atoms with Gasteiger partial charge in [-0.05, 0) is 77.9 Å². The number of anilines is 3. The maximum Gasteiger partial charge on any atom is 0.136 e. The Balaban J connectivity index is 1.14. The second-order valence-electron chi connectivity index (χ2n) is 11.9. The van der Waals surface area contributed by atoms with Crippen molar-refractivity contribution in [1.29, 1.82) is 0 Å². The molecule has 0 amide bonds. The lowest BCUT2D eigenvalue weighted by molar-refractivity contribution is 0.669. The molecule has 0 bridgehead atoms. The number of aromatic nitrogens is 1. The van der Waals surface area contributed by atoms with Gasteiger partial charge in [-0.15, -0.1) is 0 Å². The predicted octanol–water partition coefficient (Wildman–Crippen LogP) is 12.6. The summed E-state index contributed by atoms with van der Waals surface area (Å²) in [5.41, 5.74) is 10.7. The van der Waals surface area contributed by atoms with E-state index in [1.54, 1.807) is 0 Å². The van der Waals surface area contributed by atoms with Crippen molar-refractivity contribution in [3.8, 4) is 22.4 Å². The fraction of sp³-hybridized carbons (Fsp3) is 0. The molecule has 1 aliphatic heterocycles. The van der Waals surface area contributed by atoms with Crippen LogP contribution in [0.5, 0.6) is 0 Å². The van der Waals surface area contributed by atoms with E-state index in [1.807, 2.05) is 17.8 Å². The lowest BCUT2D eigenvalue weighted by Crippen LogP contribution is -2.14. The predicted molar refractivity (Wildman–Crippen MR) is 196 cm³/mol. The Kier molecular flexibility index (Phi) is 5.81. The van der Waals surface area contributed by atoms with Gasteiger partial charge in [0.05, 0.1) is 22.6 Å². The van der Waals surface area contributed by atoms with Gasteiger partial charge in [0.25, 0.3) is 0 Å². The topological polar surface area (TPSA) is 29.3 Å². The van der Waals surface area contributed by atoms with E-state index in [0.29, 0.717) is 0 Å². The van der Waals surface area contributed by atoms with E-state index in [2.05, 4.69) is 157 Å². The van der Waals surface area contributed by atoms with E-state index in [9.17, 15) is 0 Å². The molecule has 0 aliphatic carbocycles. The Morgan fingerprint density at radius 1 is 0.468 bits per heavy atom. The summed E-state index contributed by atoms with van der Waals surface area (Å²) in [7, 11) is 0. The third-order valence-corrected chi connectivity index (χ3v) is 10.4. The van der Waals surface area contributed by atoms with Crippen LogP contribution in [0.3, 0.4) is 0 Å². The maximum absolute atomic E-state index is 6.48. The number of furan rings is 1. The van der Waals surface area contributed by atoms with Crippen LogP contribution < -0.4 is 4.90 Å². The summed E-state index contributed by atoms with van der Waals surface area (Å²) in [6.07, 6.45) is 0. The second kappa shape index (κ2) is 10.3. The minimum absolute atomic E-state index is 0.883. The van der Waals surface area contributed by atoms with Crippen LogP contribution in [0.15, 0.2) is 172 Å². The third-order valence-electron chi connectivity index (χ3n) is 9.23. The summed E-state index contributed by atoms with van der Waals surface area (Å²) in [5, 5.41) is 5.67. The minimum atomic E-state index is 0.883. The van der Waals surface area contributed by atoms with Gasteiger partial charge in [0.2, 0.25) is 0 Å². The van der Waals surface area contributed by atoms with Crippen molar-refractivity contribution in [2.24, 2.45) is 0 Å². The van der Waals surface area contributed by atoms with Crippen molar-refractivity contribution < 1.29 is 4.42 Å². The summed E-state index contributed by atoms with van der Waals surface area (Å²) < 4.78 is 6.48. The first-order valence-corrected chi connectivity index (χ1v) is 16.6. The molecule has 4 heteroatoms. The first-order valence-electron chi connectivity index (χ1n) is 15.8. The highest BCUT2D eigenvalue weighted by Crippen LogP contribution is 2.51. The van der Waals surface area contributed by atoms with Gasteiger partial charge in [0.1, 0.15) is 11.2 Å².